The van der Waals surface area contributed by atoms with Gasteiger partial charge < -0.3 is 14.1 Å². The van der Waals surface area contributed by atoms with Gasteiger partial charge >= 0.3 is 5.97 Å². The number of hydrogen-bond acceptors (Lipinski definition) is 5. The van der Waals surface area contributed by atoms with Crippen molar-refractivity contribution < 1.29 is 13.9 Å². The smallest absolute Gasteiger partial charge is 0.341 e. The molecule has 6 heteroatoms. The van der Waals surface area contributed by atoms with E-state index in [0.29, 0.717) is 17.3 Å². The Morgan fingerprint density at radius 2 is 2.08 bits per heavy atom. The van der Waals surface area contributed by atoms with Crippen molar-refractivity contribution in [3.63, 3.8) is 0 Å². The highest BCUT2D eigenvalue weighted by atomic mass is 16.6. The number of rotatable bonds is 3. The maximum Gasteiger partial charge on any atom is 0.341 e. The van der Waals surface area contributed by atoms with Crippen molar-refractivity contribution in [2.75, 3.05) is 0 Å². The Bertz CT molecular complexity index is 925. The van der Waals surface area contributed by atoms with E-state index in [4.69, 9.17) is 9.15 Å². The molecule has 0 amide bonds. The molecule has 1 aromatic carbocycles. The van der Waals surface area contributed by atoms with Crippen LogP contribution in [0.25, 0.3) is 10.9 Å². The van der Waals surface area contributed by atoms with Crippen LogP contribution in [0.5, 0.6) is 0 Å². The zero-order valence-electron chi connectivity index (χ0n) is 14.5. The van der Waals surface area contributed by atoms with Crippen molar-refractivity contribution in [2.24, 2.45) is 0 Å². The van der Waals surface area contributed by atoms with E-state index < -0.39 is 6.10 Å². The third-order valence-corrected chi connectivity index (χ3v) is 4.78. The van der Waals surface area contributed by atoms with Crippen LogP contribution in [0.3, 0.4) is 0 Å². The summed E-state index contributed by atoms with van der Waals surface area (Å²) in [6.07, 6.45) is 5.15. The molecule has 0 aliphatic heterocycles. The fraction of sp³-hybridized carbons (Fsp3) is 0.421. The monoisotopic (exact) mass is 339 g/mol. The van der Waals surface area contributed by atoms with Gasteiger partial charge in [-0.25, -0.2) is 4.79 Å². The number of aromatic nitrogens is 3. The average Bonchev–Trinajstić information content (AvgIpc) is 3.11. The van der Waals surface area contributed by atoms with Gasteiger partial charge in [0.25, 0.3) is 5.89 Å². The molecule has 1 aliphatic rings. The molecule has 2 heterocycles. The predicted molar refractivity (Wildman–Crippen MR) is 92.4 cm³/mol. The van der Waals surface area contributed by atoms with E-state index in [2.05, 4.69) is 21.2 Å². The number of para-hydroxylation sites is 1. The quantitative estimate of drug-likeness (QED) is 0.575. The molecule has 2 aromatic heterocycles. The Labute approximate surface area is 145 Å². The molecule has 6 nitrogen and oxygen atoms in total. The molecular weight excluding hydrogens is 318 g/mol. The van der Waals surface area contributed by atoms with Crippen LogP contribution in [0.15, 0.2) is 22.6 Å². The summed E-state index contributed by atoms with van der Waals surface area (Å²) in [5.74, 6) is 0.374. The Morgan fingerprint density at radius 3 is 2.88 bits per heavy atom. The Balaban J connectivity index is 1.65. The normalized spacial score (nSPS) is 15.6. The lowest BCUT2D eigenvalue weighted by atomic mass is 10.0. The van der Waals surface area contributed by atoms with Gasteiger partial charge in [-0.2, -0.15) is 0 Å². The van der Waals surface area contributed by atoms with E-state index in [-0.39, 0.29) is 5.97 Å². The first kappa shape index (κ1) is 15.9. The third kappa shape index (κ3) is 2.92. The highest BCUT2D eigenvalue weighted by Gasteiger charge is 2.22. The van der Waals surface area contributed by atoms with Crippen LogP contribution in [-0.4, -0.2) is 21.2 Å². The predicted octanol–water partition coefficient (Wildman–Crippen LogP) is 4.05. The first-order chi connectivity index (χ1) is 12.1. The van der Waals surface area contributed by atoms with Crippen molar-refractivity contribution in [3.8, 4) is 0 Å². The number of carbonyl (C=O) groups is 1. The number of esters is 1. The molecule has 1 atom stereocenters. The number of nitrogens with one attached hydrogen (secondary N) is 1. The minimum atomic E-state index is -0.586. The second-order valence-electron chi connectivity index (χ2n) is 6.58. The Morgan fingerprint density at radius 1 is 1.24 bits per heavy atom. The van der Waals surface area contributed by atoms with Crippen molar-refractivity contribution in [3.05, 3.63) is 46.8 Å². The summed E-state index contributed by atoms with van der Waals surface area (Å²) in [6.45, 7) is 3.44. The summed E-state index contributed by atoms with van der Waals surface area (Å²) in [5.41, 5.74) is 4.03. The fourth-order valence-corrected chi connectivity index (χ4v) is 3.53. The molecule has 0 unspecified atom stereocenters. The van der Waals surface area contributed by atoms with E-state index in [1.807, 2.05) is 6.07 Å². The van der Waals surface area contributed by atoms with Gasteiger partial charge in [0.1, 0.15) is 0 Å². The number of fused-ring (bicyclic) bond motifs is 3. The van der Waals surface area contributed by atoms with Gasteiger partial charge in [0.2, 0.25) is 5.89 Å². The maximum absolute atomic E-state index is 12.7. The molecule has 0 fully saturated rings. The fourth-order valence-electron chi connectivity index (χ4n) is 3.53. The van der Waals surface area contributed by atoms with Gasteiger partial charge in [-0.1, -0.05) is 18.6 Å². The summed E-state index contributed by atoms with van der Waals surface area (Å²) in [5, 5.41) is 8.82. The summed E-state index contributed by atoms with van der Waals surface area (Å²) >= 11 is 0. The van der Waals surface area contributed by atoms with Crippen molar-refractivity contribution in [1.82, 2.24) is 15.2 Å². The first-order valence-electron chi connectivity index (χ1n) is 8.77. The number of aromatic amines is 1. The molecule has 1 N–H and O–H groups in total. The Hall–Kier alpha value is -2.63. The maximum atomic E-state index is 12.7. The molecule has 3 aromatic rings. The van der Waals surface area contributed by atoms with Crippen LogP contribution >= 0.6 is 0 Å². The zero-order valence-corrected chi connectivity index (χ0v) is 14.5. The van der Waals surface area contributed by atoms with Gasteiger partial charge in [0, 0.05) is 18.0 Å². The van der Waals surface area contributed by atoms with Crippen LogP contribution in [-0.2, 0) is 17.6 Å². The van der Waals surface area contributed by atoms with Crippen molar-refractivity contribution in [2.45, 2.75) is 52.1 Å². The van der Waals surface area contributed by atoms with Gasteiger partial charge in [0.05, 0.1) is 11.1 Å². The molecule has 130 valence electrons. The van der Waals surface area contributed by atoms with Crippen LogP contribution in [0.1, 0.15) is 65.7 Å². The average molecular weight is 339 g/mol. The largest absolute Gasteiger partial charge is 0.449 e. The summed E-state index contributed by atoms with van der Waals surface area (Å²) in [4.78, 5) is 16.2. The highest BCUT2D eigenvalue weighted by Crippen LogP contribution is 2.31. The molecule has 0 radical (unpaired) electrons. The third-order valence-electron chi connectivity index (χ3n) is 4.78. The van der Waals surface area contributed by atoms with Crippen LogP contribution < -0.4 is 0 Å². The minimum absolute atomic E-state index is 0.306. The zero-order chi connectivity index (χ0) is 17.4. The molecular formula is C19H21N3O3. The van der Waals surface area contributed by atoms with Crippen LogP contribution in [0, 0.1) is 6.92 Å². The lowest BCUT2D eigenvalue weighted by Gasteiger charge is -2.10. The lowest BCUT2D eigenvalue weighted by Crippen LogP contribution is -2.10. The number of ether oxygens (including phenoxy) is 1. The molecule has 0 saturated carbocycles. The number of benzene rings is 1. The second kappa shape index (κ2) is 6.35. The van der Waals surface area contributed by atoms with Gasteiger partial charge in [0.15, 0.2) is 6.10 Å². The minimum Gasteiger partial charge on any atom is -0.449 e. The van der Waals surface area contributed by atoms with E-state index >= 15 is 0 Å². The second-order valence-corrected chi connectivity index (χ2v) is 6.58. The first-order valence-corrected chi connectivity index (χ1v) is 8.77. The molecule has 0 bridgehead atoms. The van der Waals surface area contributed by atoms with E-state index in [9.17, 15) is 4.79 Å². The van der Waals surface area contributed by atoms with E-state index in [1.54, 1.807) is 19.9 Å². The van der Waals surface area contributed by atoms with Crippen LogP contribution in [0.2, 0.25) is 0 Å². The topological polar surface area (TPSA) is 81.0 Å². The van der Waals surface area contributed by atoms with E-state index in [1.165, 1.54) is 30.5 Å². The number of nitrogens with zero attached hydrogens (tertiary/aromatic N) is 2. The molecule has 1 aliphatic carbocycles. The number of carbonyl (C=O) groups excluding carboxylic acids is 1. The SMILES string of the molecule is Cc1nnc([C@@H](C)OC(=O)c2cccc3c4c([nH]c23)CCCCC4)o1. The van der Waals surface area contributed by atoms with Gasteiger partial charge in [-0.05, 0) is 44.2 Å². The Kier molecular flexibility index (Phi) is 4.03. The number of hydrogen-bond donors (Lipinski definition) is 1. The highest BCUT2D eigenvalue weighted by molar-refractivity contribution is 6.04. The van der Waals surface area contributed by atoms with Crippen molar-refractivity contribution in [1.29, 1.82) is 0 Å². The van der Waals surface area contributed by atoms with Crippen LogP contribution in [0.4, 0.5) is 0 Å². The molecule has 0 spiro atoms. The molecule has 4 rings (SSSR count). The van der Waals surface area contributed by atoms with Crippen molar-refractivity contribution >= 4 is 16.9 Å². The summed E-state index contributed by atoms with van der Waals surface area (Å²) in [7, 11) is 0. The number of H-pyrrole nitrogens is 1. The summed E-state index contributed by atoms with van der Waals surface area (Å²) in [6, 6.07) is 5.79. The van der Waals surface area contributed by atoms with E-state index in [0.717, 1.165) is 23.7 Å². The standard InChI is InChI=1S/C19H21N3O3/c1-11(18-22-21-12(2)25-18)24-19(23)15-9-6-8-14-13-7-4-3-5-10-16(13)20-17(14)15/h6,8-9,11,20H,3-5,7,10H2,1-2H3/t11-/m1/s1. The van der Waals surface area contributed by atoms with Gasteiger partial charge in [-0.3, -0.25) is 0 Å². The summed E-state index contributed by atoms with van der Waals surface area (Å²) < 4.78 is 10.9. The molecule has 25 heavy (non-hydrogen) atoms. The van der Waals surface area contributed by atoms with Gasteiger partial charge in [-0.15, -0.1) is 10.2 Å². The molecule has 0 saturated heterocycles. The number of aryl methyl sites for hydroxylation is 3. The lowest BCUT2D eigenvalue weighted by molar-refractivity contribution is 0.0279.